The normalized spacial score (nSPS) is 10.3. The molecule has 1 heterocycles. The van der Waals surface area contributed by atoms with E-state index in [9.17, 15) is 14.4 Å². The number of amides is 3. The van der Waals surface area contributed by atoms with Gasteiger partial charge in [-0.2, -0.15) is 5.10 Å². The van der Waals surface area contributed by atoms with E-state index in [4.69, 9.17) is 23.2 Å². The molecule has 3 aromatic rings. The van der Waals surface area contributed by atoms with E-state index in [-0.39, 0.29) is 39.4 Å². The van der Waals surface area contributed by atoms with Crippen LogP contribution in [0.1, 0.15) is 26.4 Å². The standard InChI is InChI=1S/C21H17Cl2N5O3/c1-2-17(29)26-13-8-6-12(7-9-13)10-24-21(31)19-16(11-25-28-19)27-20(30)18-14(22)4-3-5-15(18)23/h2-9,11H,1,10H2,(H,24,31)(H,25,28)(H,26,29)(H,27,30). The first-order valence-corrected chi connectivity index (χ1v) is 9.74. The molecule has 0 aliphatic heterocycles. The van der Waals surface area contributed by atoms with Crippen LogP contribution >= 0.6 is 23.2 Å². The number of hydrogen-bond acceptors (Lipinski definition) is 4. The molecule has 10 heteroatoms. The van der Waals surface area contributed by atoms with E-state index >= 15 is 0 Å². The van der Waals surface area contributed by atoms with Crippen LogP contribution in [0.2, 0.25) is 10.0 Å². The van der Waals surface area contributed by atoms with Crippen LogP contribution < -0.4 is 16.0 Å². The predicted molar refractivity (Wildman–Crippen MR) is 119 cm³/mol. The quantitative estimate of drug-likeness (QED) is 0.400. The molecule has 0 unspecified atom stereocenters. The van der Waals surface area contributed by atoms with Gasteiger partial charge in [-0.05, 0) is 35.9 Å². The third kappa shape index (κ3) is 5.50. The lowest BCUT2D eigenvalue weighted by Gasteiger charge is -2.09. The molecule has 0 fully saturated rings. The first kappa shape index (κ1) is 22.1. The zero-order valence-electron chi connectivity index (χ0n) is 16.0. The highest BCUT2D eigenvalue weighted by Crippen LogP contribution is 2.25. The van der Waals surface area contributed by atoms with Crippen LogP contribution in [-0.2, 0) is 11.3 Å². The molecule has 31 heavy (non-hydrogen) atoms. The average Bonchev–Trinajstić information content (AvgIpc) is 3.21. The van der Waals surface area contributed by atoms with E-state index in [1.165, 1.54) is 12.3 Å². The van der Waals surface area contributed by atoms with E-state index in [1.807, 2.05) is 0 Å². The fourth-order valence-corrected chi connectivity index (χ4v) is 3.19. The molecule has 3 amide bonds. The molecule has 2 aromatic carbocycles. The molecular formula is C21H17Cl2N5O3. The maximum atomic E-state index is 12.5. The molecule has 0 saturated carbocycles. The van der Waals surface area contributed by atoms with Gasteiger partial charge in [0, 0.05) is 12.2 Å². The smallest absolute Gasteiger partial charge is 0.271 e. The van der Waals surface area contributed by atoms with Gasteiger partial charge in [0.15, 0.2) is 0 Å². The van der Waals surface area contributed by atoms with E-state index in [0.717, 1.165) is 5.56 Å². The van der Waals surface area contributed by atoms with Crippen molar-refractivity contribution in [2.75, 3.05) is 10.6 Å². The van der Waals surface area contributed by atoms with E-state index in [1.54, 1.807) is 42.5 Å². The summed E-state index contributed by atoms with van der Waals surface area (Å²) in [6.45, 7) is 3.61. The van der Waals surface area contributed by atoms with Crippen molar-refractivity contribution in [1.82, 2.24) is 15.5 Å². The van der Waals surface area contributed by atoms with Crippen LogP contribution in [0.3, 0.4) is 0 Å². The molecule has 158 valence electrons. The van der Waals surface area contributed by atoms with Gasteiger partial charge in [0.05, 0.1) is 27.5 Å². The number of rotatable bonds is 7. The minimum atomic E-state index is -0.566. The Balaban J connectivity index is 1.64. The van der Waals surface area contributed by atoms with E-state index in [0.29, 0.717) is 5.69 Å². The first-order valence-electron chi connectivity index (χ1n) is 8.98. The highest BCUT2D eigenvalue weighted by molar-refractivity contribution is 6.40. The van der Waals surface area contributed by atoms with Crippen LogP contribution in [0.25, 0.3) is 0 Å². The summed E-state index contributed by atoms with van der Waals surface area (Å²) in [5, 5.41) is 14.7. The van der Waals surface area contributed by atoms with Gasteiger partial charge in [-0.15, -0.1) is 0 Å². The number of aromatic nitrogens is 2. The highest BCUT2D eigenvalue weighted by atomic mass is 35.5. The van der Waals surface area contributed by atoms with Gasteiger partial charge < -0.3 is 16.0 Å². The third-order valence-corrected chi connectivity index (χ3v) is 4.79. The van der Waals surface area contributed by atoms with Crippen molar-refractivity contribution >= 4 is 52.3 Å². The number of H-pyrrole nitrogens is 1. The summed E-state index contributed by atoms with van der Waals surface area (Å²) in [5.74, 6) is -1.35. The summed E-state index contributed by atoms with van der Waals surface area (Å²) in [4.78, 5) is 36.4. The molecule has 1 aromatic heterocycles. The lowest BCUT2D eigenvalue weighted by atomic mass is 10.2. The van der Waals surface area contributed by atoms with Crippen LogP contribution in [0.15, 0.2) is 61.3 Å². The van der Waals surface area contributed by atoms with Crippen molar-refractivity contribution in [1.29, 1.82) is 0 Å². The van der Waals surface area contributed by atoms with Crippen molar-refractivity contribution in [2.24, 2.45) is 0 Å². The molecule has 0 spiro atoms. The average molecular weight is 458 g/mol. The topological polar surface area (TPSA) is 116 Å². The van der Waals surface area contributed by atoms with Crippen molar-refractivity contribution in [2.45, 2.75) is 6.54 Å². The number of hydrogen-bond donors (Lipinski definition) is 4. The Morgan fingerprint density at radius 3 is 2.32 bits per heavy atom. The predicted octanol–water partition coefficient (Wildman–Crippen LogP) is 4.02. The van der Waals surface area contributed by atoms with Gasteiger partial charge in [-0.25, -0.2) is 0 Å². The Bertz CT molecular complexity index is 1120. The highest BCUT2D eigenvalue weighted by Gasteiger charge is 2.19. The number of anilines is 2. The number of benzene rings is 2. The number of nitrogens with one attached hydrogen (secondary N) is 4. The number of carbonyl (C=O) groups excluding carboxylic acids is 3. The molecule has 3 rings (SSSR count). The second-order valence-electron chi connectivity index (χ2n) is 6.28. The minimum absolute atomic E-state index is 0.0754. The van der Waals surface area contributed by atoms with Crippen molar-refractivity contribution < 1.29 is 14.4 Å². The Morgan fingerprint density at radius 2 is 1.68 bits per heavy atom. The molecular weight excluding hydrogens is 441 g/mol. The zero-order chi connectivity index (χ0) is 22.4. The molecule has 8 nitrogen and oxygen atoms in total. The summed E-state index contributed by atoms with van der Waals surface area (Å²) in [7, 11) is 0. The summed E-state index contributed by atoms with van der Waals surface area (Å²) in [5.41, 5.74) is 1.77. The minimum Gasteiger partial charge on any atom is -0.347 e. The van der Waals surface area contributed by atoms with Gasteiger partial charge in [-0.1, -0.05) is 48.0 Å². The zero-order valence-corrected chi connectivity index (χ0v) is 17.6. The lowest BCUT2D eigenvalue weighted by Crippen LogP contribution is -2.25. The van der Waals surface area contributed by atoms with Crippen LogP contribution in [0.4, 0.5) is 11.4 Å². The second kappa shape index (κ2) is 9.92. The van der Waals surface area contributed by atoms with Crippen LogP contribution in [0.5, 0.6) is 0 Å². The molecule has 4 N–H and O–H groups in total. The monoisotopic (exact) mass is 457 g/mol. The van der Waals surface area contributed by atoms with Crippen molar-refractivity contribution in [3.63, 3.8) is 0 Å². The van der Waals surface area contributed by atoms with Crippen LogP contribution in [-0.4, -0.2) is 27.9 Å². The van der Waals surface area contributed by atoms with E-state index in [2.05, 4.69) is 32.7 Å². The Kier molecular flexibility index (Phi) is 7.07. The van der Waals surface area contributed by atoms with E-state index < -0.39 is 11.8 Å². The molecule has 0 radical (unpaired) electrons. The van der Waals surface area contributed by atoms with Gasteiger partial charge in [0.25, 0.3) is 11.8 Å². The Hall–Kier alpha value is -3.62. The SMILES string of the molecule is C=CC(=O)Nc1ccc(CNC(=O)c2[nH]ncc2NC(=O)c2c(Cl)cccc2Cl)cc1. The molecule has 0 bridgehead atoms. The summed E-state index contributed by atoms with van der Waals surface area (Å²) >= 11 is 12.1. The van der Waals surface area contributed by atoms with Crippen molar-refractivity contribution in [3.8, 4) is 0 Å². The van der Waals surface area contributed by atoms with Crippen LogP contribution in [0, 0.1) is 0 Å². The first-order chi connectivity index (χ1) is 14.9. The maximum absolute atomic E-state index is 12.5. The molecule has 0 saturated heterocycles. The van der Waals surface area contributed by atoms with Gasteiger partial charge in [0.2, 0.25) is 5.91 Å². The fourth-order valence-electron chi connectivity index (χ4n) is 2.62. The number of carbonyl (C=O) groups is 3. The molecule has 0 atom stereocenters. The summed E-state index contributed by atoms with van der Waals surface area (Å²) in [6.07, 6.45) is 2.49. The largest absolute Gasteiger partial charge is 0.347 e. The summed E-state index contributed by atoms with van der Waals surface area (Å²) < 4.78 is 0. The van der Waals surface area contributed by atoms with Gasteiger partial charge >= 0.3 is 0 Å². The lowest BCUT2D eigenvalue weighted by molar-refractivity contribution is -0.111. The number of aromatic amines is 1. The second-order valence-corrected chi connectivity index (χ2v) is 7.10. The number of nitrogens with zero attached hydrogens (tertiary/aromatic N) is 1. The van der Waals surface area contributed by atoms with Crippen molar-refractivity contribution in [3.05, 3.63) is 88.2 Å². The maximum Gasteiger partial charge on any atom is 0.271 e. The summed E-state index contributed by atoms with van der Waals surface area (Å²) in [6, 6.07) is 11.6. The van der Waals surface area contributed by atoms with Gasteiger partial charge in [0.1, 0.15) is 5.69 Å². The Morgan fingerprint density at radius 1 is 1.00 bits per heavy atom. The molecule has 0 aliphatic carbocycles. The fraction of sp³-hybridized carbons (Fsp3) is 0.0476. The third-order valence-electron chi connectivity index (χ3n) is 4.16. The molecule has 0 aliphatic rings. The number of halogens is 2. The Labute approximate surface area is 187 Å². The van der Waals surface area contributed by atoms with Gasteiger partial charge in [-0.3, -0.25) is 19.5 Å².